The Kier molecular flexibility index (Phi) is 14.6. The van der Waals surface area contributed by atoms with Crippen LogP contribution in [-0.2, 0) is 32.3 Å². The van der Waals surface area contributed by atoms with E-state index in [4.69, 9.17) is 9.47 Å². The van der Waals surface area contributed by atoms with Crippen molar-refractivity contribution in [1.82, 2.24) is 40.5 Å². The van der Waals surface area contributed by atoms with E-state index in [1.165, 1.54) is 30.2 Å². The van der Waals surface area contributed by atoms with Crippen molar-refractivity contribution in [3.63, 3.8) is 0 Å². The Labute approximate surface area is 391 Å². The van der Waals surface area contributed by atoms with Gasteiger partial charge in [-0.05, 0) is 79.6 Å². The average molecular weight is 943 g/mol. The van der Waals surface area contributed by atoms with Crippen LogP contribution >= 0.6 is 0 Å². The number of aliphatic hydroxyl groups is 1. The number of aryl methyl sites for hydroxylation is 1. The van der Waals surface area contributed by atoms with Gasteiger partial charge in [-0.25, -0.2) is 4.98 Å². The van der Waals surface area contributed by atoms with E-state index < -0.39 is 59.1 Å². The predicted octanol–water partition coefficient (Wildman–Crippen LogP) is 5.90. The number of hydrogen-bond donors (Lipinski definition) is 5. The van der Waals surface area contributed by atoms with Crippen molar-refractivity contribution in [2.75, 3.05) is 37.0 Å². The highest BCUT2D eigenvalue weighted by molar-refractivity contribution is 6.04. The molecule has 17 nitrogen and oxygen atoms in total. The van der Waals surface area contributed by atoms with Gasteiger partial charge in [0.05, 0.1) is 42.4 Å². The molecule has 0 saturated carbocycles. The van der Waals surface area contributed by atoms with Crippen LogP contribution in [0.25, 0.3) is 22.6 Å². The number of hydrogen-bond acceptors (Lipinski definition) is 11. The third kappa shape index (κ3) is 11.3. The SMILES string of the molecule is COc1cc(N2CC[C@H](OCC(=O)N[C@H](C(=O)N3C[C@H](O)C[C@H]3C(=O)N[C@@H](C)c3ccc(-c4ccnn4C)cc3)C(C)(C)C)C[C@@H]2C)ccc1NC(=O)c1cccc(-c2cc(C(F)(F)F)[nH]n2)n1. The molecule has 5 N–H and O–H groups in total. The summed E-state index contributed by atoms with van der Waals surface area (Å²) in [6.07, 6.45) is -2.85. The molecule has 0 aliphatic carbocycles. The molecule has 2 aliphatic rings. The van der Waals surface area contributed by atoms with Gasteiger partial charge >= 0.3 is 6.18 Å². The summed E-state index contributed by atoms with van der Waals surface area (Å²) in [5.41, 5.74) is 2.16. The Hall–Kier alpha value is -6.80. The van der Waals surface area contributed by atoms with E-state index in [2.05, 4.69) is 36.0 Å². The average Bonchev–Trinajstić information content (AvgIpc) is 4.08. The Morgan fingerprint density at radius 1 is 0.971 bits per heavy atom. The third-order valence-electron chi connectivity index (χ3n) is 12.3. The fraction of sp³-hybridized carbons (Fsp3) is 0.438. The maximum atomic E-state index is 14.2. The number of rotatable bonds is 14. The molecule has 68 heavy (non-hydrogen) atoms. The molecule has 0 spiro atoms. The number of carbonyl (C=O) groups excluding carboxylic acids is 4. The molecule has 362 valence electrons. The number of halogens is 3. The van der Waals surface area contributed by atoms with Gasteiger partial charge in [0.25, 0.3) is 5.91 Å². The van der Waals surface area contributed by atoms with Gasteiger partial charge in [-0.1, -0.05) is 51.1 Å². The fourth-order valence-electron chi connectivity index (χ4n) is 8.62. The Bertz CT molecular complexity index is 2610. The van der Waals surface area contributed by atoms with E-state index in [1.807, 2.05) is 83.2 Å². The van der Waals surface area contributed by atoms with Crippen LogP contribution in [0.1, 0.15) is 81.7 Å². The summed E-state index contributed by atoms with van der Waals surface area (Å²) in [5.74, 6) is -1.60. The number of amides is 4. The van der Waals surface area contributed by atoms with Crippen molar-refractivity contribution < 1.29 is 46.9 Å². The maximum absolute atomic E-state index is 14.2. The summed E-state index contributed by atoms with van der Waals surface area (Å²) < 4.78 is 52.8. The van der Waals surface area contributed by atoms with Crippen LogP contribution in [0.2, 0.25) is 0 Å². The fourth-order valence-corrected chi connectivity index (χ4v) is 8.62. The summed E-state index contributed by atoms with van der Waals surface area (Å²) in [5, 5.41) is 29.2. The normalized spacial score (nSPS) is 19.6. The number of nitrogens with zero attached hydrogens (tertiary/aromatic N) is 6. The van der Waals surface area contributed by atoms with Gasteiger partial charge in [0.2, 0.25) is 17.7 Å². The number of pyridine rings is 1. The molecule has 6 atom stereocenters. The van der Waals surface area contributed by atoms with E-state index in [0.717, 1.165) is 28.6 Å². The van der Waals surface area contributed by atoms with Crippen LogP contribution in [-0.4, -0.2) is 116 Å². The first-order valence-corrected chi connectivity index (χ1v) is 22.3. The molecular formula is C48H57F3N10O7. The van der Waals surface area contributed by atoms with Crippen LogP contribution in [0.5, 0.6) is 5.75 Å². The first-order chi connectivity index (χ1) is 32.2. The quantitative estimate of drug-likeness (QED) is 0.0886. The number of carbonyl (C=O) groups is 4. The molecule has 2 aromatic carbocycles. The van der Waals surface area contributed by atoms with E-state index in [9.17, 15) is 37.5 Å². The molecule has 0 unspecified atom stereocenters. The molecule has 0 bridgehead atoms. The molecule has 5 heterocycles. The van der Waals surface area contributed by atoms with Crippen LogP contribution in [0.4, 0.5) is 24.5 Å². The van der Waals surface area contributed by atoms with Crippen LogP contribution in [0, 0.1) is 5.41 Å². The lowest BCUT2D eigenvalue weighted by Crippen LogP contribution is -2.58. The van der Waals surface area contributed by atoms with Gasteiger partial charge < -0.3 is 40.3 Å². The highest BCUT2D eigenvalue weighted by Gasteiger charge is 2.45. The number of aromatic amines is 1. The van der Waals surface area contributed by atoms with Crippen molar-refractivity contribution >= 4 is 35.0 Å². The zero-order valence-electron chi connectivity index (χ0n) is 38.9. The van der Waals surface area contributed by atoms with Gasteiger partial charge in [-0.2, -0.15) is 23.4 Å². The number of nitrogens with one attached hydrogen (secondary N) is 4. The minimum Gasteiger partial charge on any atom is -0.494 e. The predicted molar refractivity (Wildman–Crippen MR) is 246 cm³/mol. The number of ether oxygens (including phenoxy) is 2. The minimum atomic E-state index is -4.61. The van der Waals surface area contributed by atoms with Gasteiger partial charge in [0.15, 0.2) is 0 Å². The summed E-state index contributed by atoms with van der Waals surface area (Å²) in [4.78, 5) is 62.4. The number of aliphatic hydroxyl groups excluding tert-OH is 1. The van der Waals surface area contributed by atoms with Crippen LogP contribution in [0.15, 0.2) is 79.0 Å². The van der Waals surface area contributed by atoms with Crippen molar-refractivity contribution in [3.8, 4) is 28.4 Å². The minimum absolute atomic E-state index is 0.0313. The zero-order valence-corrected chi connectivity index (χ0v) is 38.9. The van der Waals surface area contributed by atoms with Crippen molar-refractivity contribution in [2.45, 2.75) is 96.4 Å². The van der Waals surface area contributed by atoms with E-state index in [-0.39, 0.29) is 54.8 Å². The molecule has 2 saturated heterocycles. The lowest BCUT2D eigenvalue weighted by molar-refractivity contribution is -0.145. The number of anilines is 2. The summed E-state index contributed by atoms with van der Waals surface area (Å²) in [7, 11) is 3.33. The second kappa shape index (κ2) is 20.2. The number of aromatic nitrogens is 5. The van der Waals surface area contributed by atoms with Crippen molar-refractivity contribution in [3.05, 3.63) is 95.9 Å². The van der Waals surface area contributed by atoms with Crippen LogP contribution in [0.3, 0.4) is 0 Å². The number of alkyl halides is 3. The van der Waals surface area contributed by atoms with Gasteiger partial charge in [-0.15, -0.1) is 0 Å². The molecule has 2 aliphatic heterocycles. The maximum Gasteiger partial charge on any atom is 0.432 e. The van der Waals surface area contributed by atoms with Crippen molar-refractivity contribution in [1.29, 1.82) is 0 Å². The largest absolute Gasteiger partial charge is 0.494 e. The molecule has 20 heteroatoms. The van der Waals surface area contributed by atoms with Gasteiger partial charge in [0, 0.05) is 50.6 Å². The highest BCUT2D eigenvalue weighted by Crippen LogP contribution is 2.35. The topological polar surface area (TPSA) is 209 Å². The number of H-pyrrole nitrogens is 1. The van der Waals surface area contributed by atoms with Crippen LogP contribution < -0.4 is 25.6 Å². The standard InChI is InChI=1S/C48H57F3N10O7/c1-27-21-33(18-20-60(27)31-15-16-35(40(22-31)67-7)55-44(64)36-10-8-9-34(54-36)37-24-41(58-57-37)48(49,50)51)68-26-42(63)56-43(47(3,4)5)46(66)61-25-32(62)23-39(61)45(65)53-28(2)29-11-13-30(14-12-29)38-17-19-52-59(38)6/h8-17,19,22,24,27-28,32-33,39,43,62H,18,20-21,23,25-26H2,1-7H3,(H,53,65)(H,55,64)(H,56,63)(H,57,58)/t27-,28-,32+,33-,39-,43+/m0/s1. The molecule has 5 aromatic rings. The van der Waals surface area contributed by atoms with E-state index in [0.29, 0.717) is 30.8 Å². The Morgan fingerprint density at radius 2 is 1.72 bits per heavy atom. The number of methoxy groups -OCH3 is 1. The molecule has 4 amide bonds. The number of benzene rings is 2. The molecule has 7 rings (SSSR count). The molecule has 0 radical (unpaired) electrons. The number of β-amino-alcohol motifs (C(OH)–C–C–N with tert-alkyl or cyclic N) is 1. The summed E-state index contributed by atoms with van der Waals surface area (Å²) in [6, 6.07) is 17.8. The van der Waals surface area contributed by atoms with Gasteiger partial charge in [0.1, 0.15) is 41.5 Å². The second-order valence-corrected chi connectivity index (χ2v) is 18.4. The lowest BCUT2D eigenvalue weighted by Gasteiger charge is -2.39. The number of likely N-dealkylation sites (tertiary alicyclic amines) is 1. The monoisotopic (exact) mass is 942 g/mol. The van der Waals surface area contributed by atoms with Crippen molar-refractivity contribution in [2.24, 2.45) is 12.5 Å². The Balaban J connectivity index is 0.913. The third-order valence-corrected chi connectivity index (χ3v) is 12.3. The molecule has 2 fully saturated rings. The molecule has 3 aromatic heterocycles. The first-order valence-electron chi connectivity index (χ1n) is 22.3. The second-order valence-electron chi connectivity index (χ2n) is 18.4. The first kappa shape index (κ1) is 49.1. The Morgan fingerprint density at radius 3 is 2.37 bits per heavy atom. The molecular weight excluding hydrogens is 886 g/mol. The highest BCUT2D eigenvalue weighted by atomic mass is 19.4. The smallest absolute Gasteiger partial charge is 0.432 e. The summed E-state index contributed by atoms with van der Waals surface area (Å²) in [6.45, 7) is 9.57. The zero-order chi connectivity index (χ0) is 49.1. The van der Waals surface area contributed by atoms with E-state index >= 15 is 0 Å². The lowest BCUT2D eigenvalue weighted by atomic mass is 9.85. The van der Waals surface area contributed by atoms with E-state index in [1.54, 1.807) is 23.0 Å². The summed E-state index contributed by atoms with van der Waals surface area (Å²) >= 11 is 0. The van der Waals surface area contributed by atoms with Gasteiger partial charge in [-0.3, -0.25) is 29.0 Å². The number of piperidine rings is 1.